The zero-order chi connectivity index (χ0) is 14.1. The summed E-state index contributed by atoms with van der Waals surface area (Å²) in [6.07, 6.45) is 3.12. The molecule has 1 aromatic carbocycles. The summed E-state index contributed by atoms with van der Waals surface area (Å²) >= 11 is 1.93. The first-order valence-electron chi connectivity index (χ1n) is 7.00. The molecule has 0 heterocycles. The molecule has 0 fully saturated rings. The fourth-order valence-electron chi connectivity index (χ4n) is 2.08. The lowest BCUT2D eigenvalue weighted by atomic mass is 9.85. The predicted octanol–water partition coefficient (Wildman–Crippen LogP) is 4.67. The number of hydrogen-bond donors (Lipinski definition) is 1. The summed E-state index contributed by atoms with van der Waals surface area (Å²) in [7, 11) is 0. The molecule has 0 aliphatic carbocycles. The largest absolute Gasteiger partial charge is 0.309 e. The van der Waals surface area contributed by atoms with E-state index in [1.54, 1.807) is 0 Å². The molecule has 1 atom stereocenters. The van der Waals surface area contributed by atoms with Crippen LogP contribution in [0.4, 0.5) is 0 Å². The molecule has 1 rings (SSSR count). The summed E-state index contributed by atoms with van der Waals surface area (Å²) in [5.74, 6) is 2.18. The van der Waals surface area contributed by atoms with Crippen LogP contribution in [0.5, 0.6) is 0 Å². The summed E-state index contributed by atoms with van der Waals surface area (Å²) in [6, 6.07) is 11.2. The van der Waals surface area contributed by atoms with Gasteiger partial charge in [-0.3, -0.25) is 0 Å². The minimum atomic E-state index is 0.335. The first kappa shape index (κ1) is 16.3. The van der Waals surface area contributed by atoms with Crippen molar-refractivity contribution in [2.24, 2.45) is 5.41 Å². The van der Waals surface area contributed by atoms with Gasteiger partial charge in [-0.1, -0.05) is 57.2 Å². The van der Waals surface area contributed by atoms with Crippen LogP contribution in [-0.2, 0) is 0 Å². The van der Waals surface area contributed by atoms with E-state index in [4.69, 9.17) is 0 Å². The SMILES string of the molecule is C=CCSCCNC(CC(C)(C)C)c1ccccc1. The summed E-state index contributed by atoms with van der Waals surface area (Å²) in [5, 5.41) is 3.70. The second kappa shape index (κ2) is 8.44. The van der Waals surface area contributed by atoms with Crippen molar-refractivity contribution in [1.82, 2.24) is 5.32 Å². The van der Waals surface area contributed by atoms with Gasteiger partial charge in [0.2, 0.25) is 0 Å². The molecule has 0 saturated heterocycles. The van der Waals surface area contributed by atoms with E-state index in [9.17, 15) is 0 Å². The van der Waals surface area contributed by atoms with Gasteiger partial charge >= 0.3 is 0 Å². The smallest absolute Gasteiger partial charge is 0.0325 e. The van der Waals surface area contributed by atoms with Gasteiger partial charge in [0, 0.05) is 24.1 Å². The van der Waals surface area contributed by atoms with E-state index in [1.165, 1.54) is 5.56 Å². The minimum Gasteiger partial charge on any atom is -0.309 e. The predicted molar refractivity (Wildman–Crippen MR) is 88.8 cm³/mol. The normalized spacial score (nSPS) is 13.2. The fourth-order valence-corrected chi connectivity index (χ4v) is 2.67. The van der Waals surface area contributed by atoms with E-state index in [1.807, 2.05) is 17.8 Å². The second-order valence-electron chi connectivity index (χ2n) is 6.05. The number of benzene rings is 1. The van der Waals surface area contributed by atoms with Crippen molar-refractivity contribution >= 4 is 11.8 Å². The monoisotopic (exact) mass is 277 g/mol. The first-order valence-corrected chi connectivity index (χ1v) is 8.15. The molecule has 0 bridgehead atoms. The minimum absolute atomic E-state index is 0.335. The van der Waals surface area contributed by atoms with Gasteiger partial charge in [0.1, 0.15) is 0 Å². The second-order valence-corrected chi connectivity index (χ2v) is 7.20. The molecular weight excluding hydrogens is 250 g/mol. The molecule has 0 amide bonds. The highest BCUT2D eigenvalue weighted by Crippen LogP contribution is 2.29. The van der Waals surface area contributed by atoms with Crippen molar-refractivity contribution < 1.29 is 0 Å². The number of thioether (sulfide) groups is 1. The maximum absolute atomic E-state index is 3.75. The lowest BCUT2D eigenvalue weighted by molar-refractivity contribution is 0.314. The van der Waals surface area contributed by atoms with E-state index in [0.29, 0.717) is 11.5 Å². The Morgan fingerprint density at radius 3 is 2.53 bits per heavy atom. The number of rotatable bonds is 8. The zero-order valence-electron chi connectivity index (χ0n) is 12.5. The summed E-state index contributed by atoms with van der Waals surface area (Å²) in [5.41, 5.74) is 1.73. The highest BCUT2D eigenvalue weighted by Gasteiger charge is 2.19. The summed E-state index contributed by atoms with van der Waals surface area (Å²) < 4.78 is 0. The van der Waals surface area contributed by atoms with E-state index in [0.717, 1.165) is 24.5 Å². The Kier molecular flexibility index (Phi) is 7.25. The van der Waals surface area contributed by atoms with Crippen LogP contribution >= 0.6 is 11.8 Å². The van der Waals surface area contributed by atoms with Crippen LogP contribution in [0, 0.1) is 5.41 Å². The lowest BCUT2D eigenvalue weighted by Gasteiger charge is -2.27. The molecule has 0 saturated carbocycles. The molecule has 0 aliphatic rings. The van der Waals surface area contributed by atoms with Crippen molar-refractivity contribution in [3.05, 3.63) is 48.6 Å². The number of hydrogen-bond acceptors (Lipinski definition) is 2. The Labute approximate surface area is 122 Å². The zero-order valence-corrected chi connectivity index (χ0v) is 13.3. The van der Waals surface area contributed by atoms with Gasteiger partial charge in [-0.2, -0.15) is 11.8 Å². The Morgan fingerprint density at radius 1 is 1.26 bits per heavy atom. The van der Waals surface area contributed by atoms with Crippen LogP contribution in [0.25, 0.3) is 0 Å². The van der Waals surface area contributed by atoms with Crippen LogP contribution in [0.15, 0.2) is 43.0 Å². The van der Waals surface area contributed by atoms with Crippen LogP contribution in [0.3, 0.4) is 0 Å². The third-order valence-corrected chi connectivity index (χ3v) is 3.86. The third-order valence-electron chi connectivity index (χ3n) is 2.89. The average molecular weight is 277 g/mol. The third kappa shape index (κ3) is 7.44. The Balaban J connectivity index is 2.53. The highest BCUT2D eigenvalue weighted by atomic mass is 32.2. The maximum atomic E-state index is 3.75. The summed E-state index contributed by atoms with van der Waals surface area (Å²) in [4.78, 5) is 0. The van der Waals surface area contributed by atoms with Crippen molar-refractivity contribution in [3.63, 3.8) is 0 Å². The topological polar surface area (TPSA) is 12.0 Å². The van der Waals surface area contributed by atoms with E-state index in [-0.39, 0.29) is 0 Å². The molecule has 106 valence electrons. The fraction of sp³-hybridized carbons (Fsp3) is 0.529. The van der Waals surface area contributed by atoms with Gasteiger partial charge < -0.3 is 5.32 Å². The van der Waals surface area contributed by atoms with Gasteiger partial charge in [0.25, 0.3) is 0 Å². The molecule has 0 spiro atoms. The van der Waals surface area contributed by atoms with Gasteiger partial charge in [0.05, 0.1) is 0 Å². The van der Waals surface area contributed by atoms with Crippen molar-refractivity contribution in [1.29, 1.82) is 0 Å². The van der Waals surface area contributed by atoms with Crippen LogP contribution in [-0.4, -0.2) is 18.1 Å². The van der Waals surface area contributed by atoms with Gasteiger partial charge in [-0.05, 0) is 17.4 Å². The molecule has 2 heteroatoms. The molecule has 19 heavy (non-hydrogen) atoms. The van der Waals surface area contributed by atoms with E-state index in [2.05, 4.69) is 63.0 Å². The molecule has 0 radical (unpaired) electrons. The van der Waals surface area contributed by atoms with Crippen LogP contribution in [0.2, 0.25) is 0 Å². The van der Waals surface area contributed by atoms with Gasteiger partial charge in [-0.25, -0.2) is 0 Å². The average Bonchev–Trinajstić information content (AvgIpc) is 2.37. The first-order chi connectivity index (χ1) is 9.03. The maximum Gasteiger partial charge on any atom is 0.0325 e. The molecule has 1 unspecified atom stereocenters. The molecule has 0 aliphatic heterocycles. The quantitative estimate of drug-likeness (QED) is 0.547. The number of nitrogens with one attached hydrogen (secondary N) is 1. The molecule has 0 aromatic heterocycles. The lowest BCUT2D eigenvalue weighted by Crippen LogP contribution is -2.27. The Bertz CT molecular complexity index is 353. The molecular formula is C17H27NS. The molecule has 1 N–H and O–H groups in total. The van der Waals surface area contributed by atoms with Crippen LogP contribution < -0.4 is 5.32 Å². The highest BCUT2D eigenvalue weighted by molar-refractivity contribution is 7.99. The van der Waals surface area contributed by atoms with Gasteiger partial charge in [0.15, 0.2) is 0 Å². The van der Waals surface area contributed by atoms with Crippen molar-refractivity contribution in [2.75, 3.05) is 18.1 Å². The molecule has 1 nitrogen and oxygen atoms in total. The van der Waals surface area contributed by atoms with E-state index < -0.39 is 0 Å². The Morgan fingerprint density at radius 2 is 1.95 bits per heavy atom. The molecule has 1 aromatic rings. The van der Waals surface area contributed by atoms with Crippen molar-refractivity contribution in [2.45, 2.75) is 33.2 Å². The standard InChI is InChI=1S/C17H27NS/c1-5-12-19-13-11-18-16(14-17(2,3)4)15-9-7-6-8-10-15/h5-10,16,18H,1,11-14H2,2-4H3. The Hall–Kier alpha value is -0.730. The van der Waals surface area contributed by atoms with Crippen LogP contribution in [0.1, 0.15) is 38.8 Å². The summed E-state index contributed by atoms with van der Waals surface area (Å²) in [6.45, 7) is 11.7. The van der Waals surface area contributed by atoms with Crippen molar-refractivity contribution in [3.8, 4) is 0 Å². The van der Waals surface area contributed by atoms with Gasteiger partial charge in [-0.15, -0.1) is 6.58 Å². The van der Waals surface area contributed by atoms with E-state index >= 15 is 0 Å².